The van der Waals surface area contributed by atoms with E-state index in [9.17, 15) is 13.6 Å². The van der Waals surface area contributed by atoms with E-state index in [2.05, 4.69) is 9.97 Å². The maximum absolute atomic E-state index is 13.7. The highest BCUT2D eigenvalue weighted by Crippen LogP contribution is 2.49. The smallest absolute Gasteiger partial charge is 0.258 e. The second-order valence-electron chi connectivity index (χ2n) is 6.03. The summed E-state index contributed by atoms with van der Waals surface area (Å²) < 4.78 is 26.9. The number of nitrogens with zero attached hydrogens (tertiary/aromatic N) is 1. The summed E-state index contributed by atoms with van der Waals surface area (Å²) in [7, 11) is 0. The van der Waals surface area contributed by atoms with E-state index in [0.717, 1.165) is 5.56 Å². The predicted molar refractivity (Wildman–Crippen MR) is 83.7 cm³/mol. The molecule has 5 heteroatoms. The number of halogens is 2. The standard InChI is InChI=1S/C18H14F2N2O/c19-12-7-5-11(6-8-12)18(9-13(20)10-18)17-21-15-4-2-1-3-14(15)16(23)22-17/h1-8,13H,9-10H2,(H,21,22,23). The van der Waals surface area contributed by atoms with Gasteiger partial charge in [-0.15, -0.1) is 0 Å². The first-order chi connectivity index (χ1) is 11.1. The van der Waals surface area contributed by atoms with E-state index in [-0.39, 0.29) is 24.2 Å². The van der Waals surface area contributed by atoms with E-state index in [1.807, 2.05) is 6.07 Å². The Bertz CT molecular complexity index is 928. The zero-order chi connectivity index (χ0) is 16.0. The highest BCUT2D eigenvalue weighted by molar-refractivity contribution is 5.77. The largest absolute Gasteiger partial charge is 0.309 e. The van der Waals surface area contributed by atoms with Crippen molar-refractivity contribution >= 4 is 10.9 Å². The topological polar surface area (TPSA) is 45.8 Å². The number of benzene rings is 2. The molecule has 0 aliphatic heterocycles. The number of rotatable bonds is 2. The lowest BCUT2D eigenvalue weighted by molar-refractivity contribution is 0.117. The molecule has 1 saturated carbocycles. The zero-order valence-corrected chi connectivity index (χ0v) is 12.2. The third-order valence-corrected chi connectivity index (χ3v) is 4.60. The molecule has 1 heterocycles. The van der Waals surface area contributed by atoms with Gasteiger partial charge in [0.2, 0.25) is 0 Å². The molecule has 1 aromatic heterocycles. The summed E-state index contributed by atoms with van der Waals surface area (Å²) in [6, 6.07) is 13.0. The SMILES string of the molecule is O=c1[nH]c(C2(c3ccc(F)cc3)CC(F)C2)nc2ccccc12. The summed E-state index contributed by atoms with van der Waals surface area (Å²) in [5, 5.41) is 0.502. The minimum atomic E-state index is -0.947. The van der Waals surface area contributed by atoms with Crippen LogP contribution in [0.25, 0.3) is 10.9 Å². The summed E-state index contributed by atoms with van der Waals surface area (Å²) in [5.41, 5.74) is 0.409. The summed E-state index contributed by atoms with van der Waals surface area (Å²) in [6.07, 6.45) is -0.475. The van der Waals surface area contributed by atoms with E-state index in [4.69, 9.17) is 0 Å². The van der Waals surface area contributed by atoms with Gasteiger partial charge in [0.25, 0.3) is 5.56 Å². The molecular weight excluding hydrogens is 298 g/mol. The molecule has 0 saturated heterocycles. The lowest BCUT2D eigenvalue weighted by atomic mass is 9.62. The third-order valence-electron chi connectivity index (χ3n) is 4.60. The molecule has 0 atom stereocenters. The van der Waals surface area contributed by atoms with Crippen LogP contribution >= 0.6 is 0 Å². The first-order valence-corrected chi connectivity index (χ1v) is 7.48. The fraction of sp³-hybridized carbons (Fsp3) is 0.222. The number of hydrogen-bond acceptors (Lipinski definition) is 2. The Kier molecular flexibility index (Phi) is 3.04. The second-order valence-corrected chi connectivity index (χ2v) is 6.03. The molecule has 116 valence electrons. The fourth-order valence-electron chi connectivity index (χ4n) is 3.34. The first-order valence-electron chi connectivity index (χ1n) is 7.48. The van der Waals surface area contributed by atoms with Crippen molar-refractivity contribution in [2.24, 2.45) is 0 Å². The number of nitrogens with one attached hydrogen (secondary N) is 1. The van der Waals surface area contributed by atoms with Crippen LogP contribution in [0, 0.1) is 5.82 Å². The molecule has 23 heavy (non-hydrogen) atoms. The van der Waals surface area contributed by atoms with E-state index in [1.54, 1.807) is 30.3 Å². The maximum Gasteiger partial charge on any atom is 0.258 e. The quantitative estimate of drug-likeness (QED) is 0.787. The van der Waals surface area contributed by atoms with Crippen molar-refractivity contribution in [2.75, 3.05) is 0 Å². The van der Waals surface area contributed by atoms with Crippen LogP contribution in [0.1, 0.15) is 24.2 Å². The van der Waals surface area contributed by atoms with Gasteiger partial charge >= 0.3 is 0 Å². The number of alkyl halides is 1. The average molecular weight is 312 g/mol. The monoisotopic (exact) mass is 312 g/mol. The van der Waals surface area contributed by atoms with Crippen molar-refractivity contribution in [3.8, 4) is 0 Å². The molecule has 1 aliphatic rings. The molecule has 2 aromatic carbocycles. The van der Waals surface area contributed by atoms with Crippen LogP contribution in [0.4, 0.5) is 8.78 Å². The van der Waals surface area contributed by atoms with Crippen LogP contribution in [0.3, 0.4) is 0 Å². The van der Waals surface area contributed by atoms with Crippen LogP contribution in [-0.2, 0) is 5.41 Å². The van der Waals surface area contributed by atoms with Crippen LogP contribution in [0.5, 0.6) is 0 Å². The van der Waals surface area contributed by atoms with E-state index in [0.29, 0.717) is 16.7 Å². The van der Waals surface area contributed by atoms with Crippen LogP contribution in [-0.4, -0.2) is 16.1 Å². The Morgan fingerprint density at radius 3 is 2.48 bits per heavy atom. The van der Waals surface area contributed by atoms with Gasteiger partial charge in [-0.1, -0.05) is 24.3 Å². The van der Waals surface area contributed by atoms with Gasteiger partial charge < -0.3 is 4.98 Å². The molecule has 1 N–H and O–H groups in total. The Morgan fingerprint density at radius 2 is 1.78 bits per heavy atom. The molecule has 0 bridgehead atoms. The van der Waals surface area contributed by atoms with Gasteiger partial charge in [-0.25, -0.2) is 13.8 Å². The molecule has 3 nitrogen and oxygen atoms in total. The molecule has 1 fully saturated rings. The summed E-state index contributed by atoms with van der Waals surface area (Å²) in [6.45, 7) is 0. The minimum Gasteiger partial charge on any atom is -0.309 e. The molecule has 0 radical (unpaired) electrons. The van der Waals surface area contributed by atoms with Gasteiger partial charge in [-0.3, -0.25) is 4.79 Å². The van der Waals surface area contributed by atoms with E-state index >= 15 is 0 Å². The van der Waals surface area contributed by atoms with Crippen LogP contribution in [0.15, 0.2) is 53.3 Å². The van der Waals surface area contributed by atoms with Gasteiger partial charge in [0.15, 0.2) is 0 Å². The lowest BCUT2D eigenvalue weighted by Crippen LogP contribution is -2.45. The highest BCUT2D eigenvalue weighted by atomic mass is 19.1. The summed E-state index contributed by atoms with van der Waals surface area (Å²) in [4.78, 5) is 19.7. The van der Waals surface area contributed by atoms with Crippen molar-refractivity contribution in [1.29, 1.82) is 0 Å². The summed E-state index contributed by atoms with van der Waals surface area (Å²) in [5.74, 6) is 0.0988. The number of H-pyrrole nitrogens is 1. The maximum atomic E-state index is 13.7. The van der Waals surface area contributed by atoms with Gasteiger partial charge in [0.05, 0.1) is 16.3 Å². The number of para-hydroxylation sites is 1. The zero-order valence-electron chi connectivity index (χ0n) is 12.2. The van der Waals surface area contributed by atoms with Crippen LogP contribution < -0.4 is 5.56 Å². The minimum absolute atomic E-state index is 0.236. The molecule has 3 aromatic rings. The molecular formula is C18H14F2N2O. The highest BCUT2D eigenvalue weighted by Gasteiger charge is 2.49. The van der Waals surface area contributed by atoms with Crippen molar-refractivity contribution < 1.29 is 8.78 Å². The fourth-order valence-corrected chi connectivity index (χ4v) is 3.34. The number of fused-ring (bicyclic) bond motifs is 1. The molecule has 0 spiro atoms. The average Bonchev–Trinajstić information content (AvgIpc) is 2.52. The molecule has 1 aliphatic carbocycles. The van der Waals surface area contributed by atoms with Gasteiger partial charge in [0, 0.05) is 0 Å². The first kappa shape index (κ1) is 14.1. The van der Waals surface area contributed by atoms with Crippen molar-refractivity contribution in [2.45, 2.75) is 24.4 Å². The van der Waals surface area contributed by atoms with Crippen molar-refractivity contribution in [1.82, 2.24) is 9.97 Å². The van der Waals surface area contributed by atoms with E-state index < -0.39 is 11.6 Å². The third kappa shape index (κ3) is 2.15. The van der Waals surface area contributed by atoms with E-state index in [1.165, 1.54) is 12.1 Å². The normalized spacial score (nSPS) is 23.7. The molecule has 4 rings (SSSR count). The Hall–Kier alpha value is -2.56. The summed E-state index contributed by atoms with van der Waals surface area (Å²) >= 11 is 0. The van der Waals surface area contributed by atoms with Crippen molar-refractivity contribution in [3.63, 3.8) is 0 Å². The Labute approximate surface area is 131 Å². The Morgan fingerprint density at radius 1 is 1.09 bits per heavy atom. The van der Waals surface area contributed by atoms with Gasteiger partial charge in [0.1, 0.15) is 17.8 Å². The predicted octanol–water partition coefficient (Wildman–Crippen LogP) is 3.48. The van der Waals surface area contributed by atoms with Crippen LogP contribution in [0.2, 0.25) is 0 Å². The number of hydrogen-bond donors (Lipinski definition) is 1. The second kappa shape index (κ2) is 4.98. The molecule has 0 amide bonds. The van der Waals surface area contributed by atoms with Gasteiger partial charge in [-0.2, -0.15) is 0 Å². The number of aromatic nitrogens is 2. The van der Waals surface area contributed by atoms with Gasteiger partial charge in [-0.05, 0) is 42.7 Å². The molecule has 0 unspecified atom stereocenters. The Balaban J connectivity index is 1.91. The number of aromatic amines is 1. The van der Waals surface area contributed by atoms with Crippen molar-refractivity contribution in [3.05, 3.63) is 76.1 Å². The lowest BCUT2D eigenvalue weighted by Gasteiger charge is -2.43.